The van der Waals surface area contributed by atoms with Crippen LogP contribution < -0.4 is 4.72 Å². The van der Waals surface area contributed by atoms with Gasteiger partial charge in [-0.2, -0.15) is 0 Å². The lowest BCUT2D eigenvalue weighted by atomic mass is 9.90. The molecule has 2 fully saturated rings. The molecule has 1 spiro atoms. The molecule has 0 aromatic carbocycles. The number of aryl methyl sites for hydroxylation is 1. The third-order valence-electron chi connectivity index (χ3n) is 4.72. The molecule has 0 unspecified atom stereocenters. The fourth-order valence-corrected chi connectivity index (χ4v) is 5.09. The Morgan fingerprint density at radius 3 is 2.96 bits per heavy atom. The van der Waals surface area contributed by atoms with Gasteiger partial charge in [0, 0.05) is 35.9 Å². The summed E-state index contributed by atoms with van der Waals surface area (Å²) in [6.07, 6.45) is 5.39. The van der Waals surface area contributed by atoms with Crippen molar-refractivity contribution in [2.75, 3.05) is 25.9 Å². The molecule has 0 saturated carbocycles. The summed E-state index contributed by atoms with van der Waals surface area (Å²) in [5.41, 5.74) is -0.0750. The maximum Gasteiger partial charge on any atom is 0.208 e. The first-order chi connectivity index (χ1) is 10.8. The maximum atomic E-state index is 11.3. The van der Waals surface area contributed by atoms with Crippen molar-refractivity contribution < 1.29 is 13.2 Å². The van der Waals surface area contributed by atoms with Crippen LogP contribution in [0.5, 0.6) is 0 Å². The molecule has 0 radical (unpaired) electrons. The van der Waals surface area contributed by atoms with Crippen LogP contribution in [0.25, 0.3) is 0 Å². The number of rotatable bonds is 5. The van der Waals surface area contributed by atoms with Gasteiger partial charge in [0.15, 0.2) is 0 Å². The van der Waals surface area contributed by atoms with Crippen LogP contribution in [0.2, 0.25) is 0 Å². The Kier molecular flexibility index (Phi) is 5.13. The zero-order valence-electron chi connectivity index (χ0n) is 13.9. The summed E-state index contributed by atoms with van der Waals surface area (Å²) in [5.74, 6) is 0. The van der Waals surface area contributed by atoms with Crippen molar-refractivity contribution in [1.82, 2.24) is 9.62 Å². The van der Waals surface area contributed by atoms with Crippen LogP contribution >= 0.6 is 11.3 Å². The molecule has 2 aliphatic heterocycles. The third kappa shape index (κ3) is 4.76. The molecular formula is C16H26N2O3S2. The first-order valence-electron chi connectivity index (χ1n) is 8.24. The Bertz CT molecular complexity index is 644. The third-order valence-corrected chi connectivity index (χ3v) is 6.40. The van der Waals surface area contributed by atoms with Gasteiger partial charge in [0.2, 0.25) is 10.0 Å². The fourth-order valence-electron chi connectivity index (χ4n) is 3.66. The van der Waals surface area contributed by atoms with Gasteiger partial charge in [-0.15, -0.1) is 11.3 Å². The first-order valence-corrected chi connectivity index (χ1v) is 10.9. The molecule has 1 N–H and O–H groups in total. The number of ether oxygens (including phenoxy) is 1. The molecule has 2 saturated heterocycles. The van der Waals surface area contributed by atoms with Gasteiger partial charge in [-0.1, -0.05) is 0 Å². The molecule has 7 heteroatoms. The molecule has 3 rings (SSSR count). The summed E-state index contributed by atoms with van der Waals surface area (Å²) in [4.78, 5) is 5.23. The van der Waals surface area contributed by atoms with Crippen molar-refractivity contribution in [3.8, 4) is 0 Å². The van der Waals surface area contributed by atoms with E-state index in [0.717, 1.165) is 45.3 Å². The first kappa shape index (κ1) is 17.4. The van der Waals surface area contributed by atoms with Crippen LogP contribution in [0.15, 0.2) is 12.1 Å². The second kappa shape index (κ2) is 6.80. The largest absolute Gasteiger partial charge is 0.369 e. The zero-order chi connectivity index (χ0) is 16.5. The Balaban J connectivity index is 1.55. The van der Waals surface area contributed by atoms with Crippen molar-refractivity contribution in [3.05, 3.63) is 21.9 Å². The van der Waals surface area contributed by atoms with Crippen LogP contribution in [0.4, 0.5) is 0 Å². The monoisotopic (exact) mass is 358 g/mol. The number of nitrogens with one attached hydrogen (secondary N) is 1. The van der Waals surface area contributed by atoms with Crippen LogP contribution in [-0.4, -0.2) is 50.9 Å². The highest BCUT2D eigenvalue weighted by molar-refractivity contribution is 7.88. The molecular weight excluding hydrogens is 332 g/mol. The van der Waals surface area contributed by atoms with E-state index in [1.807, 2.05) is 11.3 Å². The van der Waals surface area contributed by atoms with E-state index in [1.54, 1.807) is 0 Å². The molecule has 3 heterocycles. The summed E-state index contributed by atoms with van der Waals surface area (Å²) in [6, 6.07) is 4.39. The number of hydrogen-bond acceptors (Lipinski definition) is 5. The molecule has 1 aromatic heterocycles. The lowest BCUT2D eigenvalue weighted by Gasteiger charge is -2.38. The number of thiophene rings is 1. The van der Waals surface area contributed by atoms with E-state index in [-0.39, 0.29) is 11.7 Å². The van der Waals surface area contributed by atoms with Crippen LogP contribution in [0.1, 0.15) is 35.4 Å². The van der Waals surface area contributed by atoms with E-state index < -0.39 is 10.0 Å². The highest BCUT2D eigenvalue weighted by Gasteiger charge is 2.42. The van der Waals surface area contributed by atoms with Crippen LogP contribution in [-0.2, 0) is 21.3 Å². The summed E-state index contributed by atoms with van der Waals surface area (Å²) in [7, 11) is -3.15. The molecule has 0 aliphatic carbocycles. The van der Waals surface area contributed by atoms with Crippen molar-refractivity contribution in [2.24, 2.45) is 0 Å². The molecule has 23 heavy (non-hydrogen) atoms. The number of nitrogens with zero attached hydrogens (tertiary/aromatic N) is 1. The Hall–Kier alpha value is -0.470. The normalized spacial score (nSPS) is 29.4. The summed E-state index contributed by atoms with van der Waals surface area (Å²) >= 11 is 1.86. The number of hydrogen-bond donors (Lipinski definition) is 1. The van der Waals surface area contributed by atoms with E-state index in [2.05, 4.69) is 28.7 Å². The van der Waals surface area contributed by atoms with E-state index in [4.69, 9.17) is 4.74 Å². The standard InChI is InChI=1S/C16H26N2O3S2/c1-13-5-6-15(22-13)11-18-9-8-16(12-18)7-3-4-14(21-16)10-17-23(2,19)20/h5-6,14,17H,3-4,7-12H2,1-2H3/t14-,16+/m0/s1. The predicted molar refractivity (Wildman–Crippen MR) is 93.3 cm³/mol. The van der Waals surface area contributed by atoms with Gasteiger partial charge >= 0.3 is 0 Å². The van der Waals surface area contributed by atoms with Crippen molar-refractivity contribution in [2.45, 2.75) is 50.9 Å². The van der Waals surface area contributed by atoms with Crippen LogP contribution in [0, 0.1) is 6.92 Å². The van der Waals surface area contributed by atoms with Crippen molar-refractivity contribution >= 4 is 21.4 Å². The predicted octanol–water partition coefficient (Wildman–Crippen LogP) is 2.12. The van der Waals surface area contributed by atoms with Gasteiger partial charge in [0.1, 0.15) is 0 Å². The van der Waals surface area contributed by atoms with Gasteiger partial charge in [-0.25, -0.2) is 13.1 Å². The molecule has 0 bridgehead atoms. The minimum Gasteiger partial charge on any atom is -0.369 e. The molecule has 0 amide bonds. The van der Waals surface area contributed by atoms with E-state index in [1.165, 1.54) is 16.0 Å². The smallest absolute Gasteiger partial charge is 0.208 e. The SMILES string of the molecule is Cc1ccc(CN2CC[C@]3(CCC[C@@H](CNS(C)(=O)=O)O3)C2)s1. The number of likely N-dealkylation sites (tertiary alicyclic amines) is 1. The van der Waals surface area contributed by atoms with Gasteiger partial charge < -0.3 is 4.74 Å². The topological polar surface area (TPSA) is 58.6 Å². The van der Waals surface area contributed by atoms with Gasteiger partial charge in [-0.3, -0.25) is 4.90 Å². The molecule has 5 nitrogen and oxygen atoms in total. The lowest BCUT2D eigenvalue weighted by Crippen LogP contribution is -2.46. The summed E-state index contributed by atoms with van der Waals surface area (Å²) in [6.45, 7) is 5.55. The molecule has 2 aliphatic rings. The molecule has 1 aromatic rings. The fraction of sp³-hybridized carbons (Fsp3) is 0.750. The maximum absolute atomic E-state index is 11.3. The van der Waals surface area contributed by atoms with Gasteiger partial charge in [0.25, 0.3) is 0 Å². The summed E-state index contributed by atoms with van der Waals surface area (Å²) < 4.78 is 31.5. The average molecular weight is 359 g/mol. The quantitative estimate of drug-likeness (QED) is 0.876. The minimum absolute atomic E-state index is 0.00223. The lowest BCUT2D eigenvalue weighted by molar-refractivity contribution is -0.118. The number of sulfonamides is 1. The van der Waals surface area contributed by atoms with Crippen molar-refractivity contribution in [3.63, 3.8) is 0 Å². The van der Waals surface area contributed by atoms with E-state index >= 15 is 0 Å². The van der Waals surface area contributed by atoms with E-state index in [0.29, 0.717) is 6.54 Å². The molecule has 2 atom stereocenters. The highest BCUT2D eigenvalue weighted by Crippen LogP contribution is 2.37. The van der Waals surface area contributed by atoms with Gasteiger partial charge in [0.05, 0.1) is 18.0 Å². The van der Waals surface area contributed by atoms with Gasteiger partial charge in [-0.05, 0) is 44.7 Å². The zero-order valence-corrected chi connectivity index (χ0v) is 15.5. The minimum atomic E-state index is -3.15. The Morgan fingerprint density at radius 2 is 2.26 bits per heavy atom. The molecule has 130 valence electrons. The van der Waals surface area contributed by atoms with Crippen LogP contribution in [0.3, 0.4) is 0 Å². The second-order valence-electron chi connectivity index (χ2n) is 6.91. The van der Waals surface area contributed by atoms with Crippen molar-refractivity contribution in [1.29, 1.82) is 0 Å². The summed E-state index contributed by atoms with van der Waals surface area (Å²) in [5, 5.41) is 0. The average Bonchev–Trinajstić information content (AvgIpc) is 3.04. The Morgan fingerprint density at radius 1 is 1.43 bits per heavy atom. The van der Waals surface area contributed by atoms with E-state index in [9.17, 15) is 8.42 Å². The second-order valence-corrected chi connectivity index (χ2v) is 10.1. The highest BCUT2D eigenvalue weighted by atomic mass is 32.2. The Labute approximate surface area is 143 Å².